The second kappa shape index (κ2) is 5.63. The average molecular weight is 288 g/mol. The first-order valence-electron chi connectivity index (χ1n) is 6.89. The van der Waals surface area contributed by atoms with Crippen molar-refractivity contribution in [2.45, 2.75) is 0 Å². The highest BCUT2D eigenvalue weighted by Crippen LogP contribution is 2.31. The van der Waals surface area contributed by atoms with E-state index in [1.807, 2.05) is 0 Å². The Kier molecular flexibility index (Phi) is 3.68. The van der Waals surface area contributed by atoms with Crippen LogP contribution in [0.5, 0.6) is 0 Å². The van der Waals surface area contributed by atoms with Crippen molar-refractivity contribution in [1.29, 1.82) is 0 Å². The van der Waals surface area contributed by atoms with Gasteiger partial charge >= 0.3 is 0 Å². The summed E-state index contributed by atoms with van der Waals surface area (Å²) in [6.45, 7) is 0. The Labute approximate surface area is 131 Å². The largest absolute Gasteiger partial charge is 0.197 e. The molecule has 4 aromatic rings. The van der Waals surface area contributed by atoms with Gasteiger partial charge in [0.25, 0.3) is 0 Å². The van der Waals surface area contributed by atoms with Crippen LogP contribution in [-0.4, -0.2) is 0 Å². The first-order chi connectivity index (χ1) is 9.92. The first-order valence-corrected chi connectivity index (χ1v) is 6.89. The summed E-state index contributed by atoms with van der Waals surface area (Å²) in [6.07, 6.45) is 0. The zero-order valence-corrected chi connectivity index (χ0v) is 12.6. The minimum absolute atomic E-state index is 0. The van der Waals surface area contributed by atoms with E-state index in [0.717, 1.165) is 0 Å². The molecule has 0 saturated heterocycles. The Morgan fingerprint density at radius 1 is 0.476 bits per heavy atom. The summed E-state index contributed by atoms with van der Waals surface area (Å²) in [4.78, 5) is 0. The smallest absolute Gasteiger partial charge is 0.00990 e. The Balaban J connectivity index is 0.00000132. The molecule has 21 heavy (non-hydrogen) atoms. The molecule has 0 aromatic heterocycles. The second-order valence-corrected chi connectivity index (χ2v) is 5.09. The maximum Gasteiger partial charge on any atom is -0.00990 e. The van der Waals surface area contributed by atoms with E-state index in [4.69, 9.17) is 0 Å². The van der Waals surface area contributed by atoms with Crippen molar-refractivity contribution in [3.63, 3.8) is 0 Å². The lowest BCUT2D eigenvalue weighted by atomic mass is 9.96. The van der Waals surface area contributed by atoms with Crippen LogP contribution in [0.4, 0.5) is 0 Å². The van der Waals surface area contributed by atoms with Gasteiger partial charge in [-0.05, 0) is 44.8 Å². The van der Waals surface area contributed by atoms with Crippen LogP contribution in [-0.2, 0) is 0 Å². The lowest BCUT2D eigenvalue weighted by Gasteiger charge is -2.08. The predicted octanol–water partition coefficient (Wildman–Crippen LogP) is 5.77. The van der Waals surface area contributed by atoms with Crippen LogP contribution in [0.15, 0.2) is 84.9 Å². The standard InChI is InChI=1S/C20H14.H2S/c1-2-7-15(8-3-1)19-12-6-11-18-13-16-9-4-5-10-17(16)14-20(18)19;/h1-14H;1H2. The molecule has 0 unspecified atom stereocenters. The zero-order valence-electron chi connectivity index (χ0n) is 11.6. The number of benzene rings is 4. The molecule has 0 amide bonds. The Morgan fingerprint density at radius 2 is 1.10 bits per heavy atom. The van der Waals surface area contributed by atoms with Crippen LogP contribution in [0, 0.1) is 0 Å². The van der Waals surface area contributed by atoms with E-state index >= 15 is 0 Å². The van der Waals surface area contributed by atoms with Gasteiger partial charge < -0.3 is 0 Å². The maximum atomic E-state index is 2.30. The SMILES string of the molecule is S.c1ccc(-c2cccc3cc4ccccc4cc23)cc1. The Bertz CT molecular complexity index is 895. The van der Waals surface area contributed by atoms with Crippen molar-refractivity contribution in [1.82, 2.24) is 0 Å². The van der Waals surface area contributed by atoms with Gasteiger partial charge in [0, 0.05) is 0 Å². The normalized spacial score (nSPS) is 10.5. The molecule has 0 aliphatic heterocycles. The molecule has 0 radical (unpaired) electrons. The number of hydrogen-bond donors (Lipinski definition) is 0. The monoisotopic (exact) mass is 288 g/mol. The Morgan fingerprint density at radius 3 is 1.86 bits per heavy atom. The van der Waals surface area contributed by atoms with Crippen LogP contribution < -0.4 is 0 Å². The minimum Gasteiger partial charge on any atom is -0.197 e. The number of rotatable bonds is 1. The van der Waals surface area contributed by atoms with E-state index in [1.165, 1.54) is 32.7 Å². The van der Waals surface area contributed by atoms with E-state index in [0.29, 0.717) is 0 Å². The summed E-state index contributed by atoms with van der Waals surface area (Å²) in [7, 11) is 0. The third kappa shape index (κ3) is 2.41. The van der Waals surface area contributed by atoms with E-state index in [9.17, 15) is 0 Å². The summed E-state index contributed by atoms with van der Waals surface area (Å²) in [5, 5.41) is 5.20. The van der Waals surface area contributed by atoms with Gasteiger partial charge in [-0.2, -0.15) is 13.5 Å². The molecule has 4 aromatic carbocycles. The van der Waals surface area contributed by atoms with Gasteiger partial charge in [0.2, 0.25) is 0 Å². The molecule has 0 nitrogen and oxygen atoms in total. The lowest BCUT2D eigenvalue weighted by molar-refractivity contribution is 1.66. The number of hydrogen-bond acceptors (Lipinski definition) is 0. The quantitative estimate of drug-likeness (QED) is 0.390. The summed E-state index contributed by atoms with van der Waals surface area (Å²) in [5.74, 6) is 0. The molecular weight excluding hydrogens is 272 g/mol. The predicted molar refractivity (Wildman–Crippen MR) is 97.3 cm³/mol. The van der Waals surface area contributed by atoms with Crippen molar-refractivity contribution < 1.29 is 0 Å². The second-order valence-electron chi connectivity index (χ2n) is 5.09. The molecule has 0 heterocycles. The molecule has 0 aliphatic carbocycles. The molecule has 0 atom stereocenters. The van der Waals surface area contributed by atoms with E-state index in [2.05, 4.69) is 84.9 Å². The highest BCUT2D eigenvalue weighted by molar-refractivity contribution is 7.59. The summed E-state index contributed by atoms with van der Waals surface area (Å²) in [5.41, 5.74) is 2.57. The van der Waals surface area contributed by atoms with Gasteiger partial charge in [0.15, 0.2) is 0 Å². The van der Waals surface area contributed by atoms with Crippen LogP contribution >= 0.6 is 13.5 Å². The van der Waals surface area contributed by atoms with Gasteiger partial charge in [-0.15, -0.1) is 0 Å². The highest BCUT2D eigenvalue weighted by Gasteiger charge is 2.04. The van der Waals surface area contributed by atoms with Crippen LogP contribution in [0.1, 0.15) is 0 Å². The average Bonchev–Trinajstić information content (AvgIpc) is 2.53. The molecule has 0 spiro atoms. The van der Waals surface area contributed by atoms with Crippen LogP contribution in [0.25, 0.3) is 32.7 Å². The van der Waals surface area contributed by atoms with Crippen molar-refractivity contribution >= 4 is 35.0 Å². The molecule has 0 aliphatic rings. The van der Waals surface area contributed by atoms with Crippen molar-refractivity contribution in [2.24, 2.45) is 0 Å². The van der Waals surface area contributed by atoms with Crippen molar-refractivity contribution in [2.75, 3.05) is 0 Å². The van der Waals surface area contributed by atoms with Crippen LogP contribution in [0.3, 0.4) is 0 Å². The summed E-state index contributed by atoms with van der Waals surface area (Å²) in [6, 6.07) is 30.2. The topological polar surface area (TPSA) is 0 Å². The van der Waals surface area contributed by atoms with Crippen molar-refractivity contribution in [3.8, 4) is 11.1 Å². The van der Waals surface area contributed by atoms with Gasteiger partial charge in [-0.25, -0.2) is 0 Å². The maximum absolute atomic E-state index is 2.30. The molecule has 1 heteroatoms. The molecular formula is C20H16S. The van der Waals surface area contributed by atoms with E-state index in [-0.39, 0.29) is 13.5 Å². The van der Waals surface area contributed by atoms with Crippen molar-refractivity contribution in [3.05, 3.63) is 84.9 Å². The number of fused-ring (bicyclic) bond motifs is 2. The van der Waals surface area contributed by atoms with Crippen LogP contribution in [0.2, 0.25) is 0 Å². The molecule has 0 fully saturated rings. The third-order valence-corrected chi connectivity index (χ3v) is 3.83. The fourth-order valence-electron chi connectivity index (χ4n) is 2.84. The minimum atomic E-state index is 0. The molecule has 0 saturated carbocycles. The Hall–Kier alpha value is -2.25. The third-order valence-electron chi connectivity index (χ3n) is 3.83. The fraction of sp³-hybridized carbons (Fsp3) is 0. The lowest BCUT2D eigenvalue weighted by Crippen LogP contribution is -1.82. The summed E-state index contributed by atoms with van der Waals surface area (Å²) < 4.78 is 0. The molecule has 102 valence electrons. The summed E-state index contributed by atoms with van der Waals surface area (Å²) >= 11 is 0. The van der Waals surface area contributed by atoms with Gasteiger partial charge in [-0.1, -0.05) is 72.8 Å². The van der Waals surface area contributed by atoms with Gasteiger partial charge in [-0.3, -0.25) is 0 Å². The zero-order chi connectivity index (χ0) is 13.4. The van der Waals surface area contributed by atoms with E-state index in [1.54, 1.807) is 0 Å². The molecule has 0 N–H and O–H groups in total. The first kappa shape index (κ1) is 13.7. The fourth-order valence-corrected chi connectivity index (χ4v) is 2.84. The van der Waals surface area contributed by atoms with Gasteiger partial charge in [0.05, 0.1) is 0 Å². The van der Waals surface area contributed by atoms with E-state index < -0.39 is 0 Å². The highest BCUT2D eigenvalue weighted by atomic mass is 32.1. The molecule has 4 rings (SSSR count). The van der Waals surface area contributed by atoms with Gasteiger partial charge in [0.1, 0.15) is 0 Å². The molecule has 0 bridgehead atoms.